The fourth-order valence-electron chi connectivity index (χ4n) is 0.689. The first-order valence-corrected chi connectivity index (χ1v) is 3.77. The highest BCUT2D eigenvalue weighted by atomic mass is 16.4. The molecule has 0 saturated carbocycles. The fraction of sp³-hybridized carbons (Fsp3) is 0.750. The SMILES string of the molecule is CC(C)CC(=O)C(C)(O)C(=O)O. The monoisotopic (exact) mass is 174 g/mol. The van der Waals surface area contributed by atoms with Crippen molar-refractivity contribution in [1.29, 1.82) is 0 Å². The zero-order chi connectivity index (χ0) is 9.94. The molecule has 0 rings (SSSR count). The second-order valence-electron chi connectivity index (χ2n) is 3.40. The van der Waals surface area contributed by atoms with E-state index in [1.165, 1.54) is 0 Å². The zero-order valence-corrected chi connectivity index (χ0v) is 7.50. The Bertz CT molecular complexity index is 193. The Labute approximate surface area is 71.2 Å². The number of hydrogen-bond acceptors (Lipinski definition) is 3. The molecule has 0 fully saturated rings. The predicted molar refractivity (Wildman–Crippen MR) is 42.7 cm³/mol. The van der Waals surface area contributed by atoms with Crippen LogP contribution in [0.4, 0.5) is 0 Å². The van der Waals surface area contributed by atoms with E-state index in [0.717, 1.165) is 6.92 Å². The lowest BCUT2D eigenvalue weighted by Gasteiger charge is -2.17. The molecule has 1 unspecified atom stereocenters. The molecule has 70 valence electrons. The fourth-order valence-corrected chi connectivity index (χ4v) is 0.689. The van der Waals surface area contributed by atoms with Crippen molar-refractivity contribution in [3.05, 3.63) is 0 Å². The summed E-state index contributed by atoms with van der Waals surface area (Å²) < 4.78 is 0. The number of carboxylic acids is 1. The third kappa shape index (κ3) is 2.62. The Morgan fingerprint density at radius 2 is 1.83 bits per heavy atom. The molecule has 4 nitrogen and oxygen atoms in total. The molecule has 1 atom stereocenters. The number of aliphatic hydroxyl groups is 1. The van der Waals surface area contributed by atoms with Gasteiger partial charge in [-0.2, -0.15) is 0 Å². The van der Waals surface area contributed by atoms with E-state index in [1.807, 2.05) is 0 Å². The summed E-state index contributed by atoms with van der Waals surface area (Å²) in [4.78, 5) is 21.5. The summed E-state index contributed by atoms with van der Waals surface area (Å²) in [6.45, 7) is 4.58. The quantitative estimate of drug-likeness (QED) is 0.606. The number of rotatable bonds is 4. The van der Waals surface area contributed by atoms with Crippen molar-refractivity contribution in [2.75, 3.05) is 0 Å². The van der Waals surface area contributed by atoms with Gasteiger partial charge in [-0.15, -0.1) is 0 Å². The minimum absolute atomic E-state index is 0.0586. The van der Waals surface area contributed by atoms with Gasteiger partial charge in [-0.25, -0.2) is 4.79 Å². The number of hydrogen-bond donors (Lipinski definition) is 2. The number of Topliss-reactive ketones (excluding diaryl/α,β-unsaturated/α-hetero) is 1. The highest BCUT2D eigenvalue weighted by Crippen LogP contribution is 2.12. The molecule has 0 amide bonds. The molecule has 0 bridgehead atoms. The lowest BCUT2D eigenvalue weighted by molar-refractivity contribution is -0.163. The van der Waals surface area contributed by atoms with E-state index in [4.69, 9.17) is 10.2 Å². The van der Waals surface area contributed by atoms with Crippen LogP contribution in [-0.4, -0.2) is 27.6 Å². The third-order valence-electron chi connectivity index (χ3n) is 1.55. The number of aliphatic carboxylic acids is 1. The van der Waals surface area contributed by atoms with Crippen molar-refractivity contribution in [2.45, 2.75) is 32.8 Å². The molecule has 4 heteroatoms. The molecule has 0 aliphatic heterocycles. The lowest BCUT2D eigenvalue weighted by Crippen LogP contribution is -2.43. The van der Waals surface area contributed by atoms with E-state index >= 15 is 0 Å². The van der Waals surface area contributed by atoms with Gasteiger partial charge >= 0.3 is 5.97 Å². The number of carbonyl (C=O) groups excluding carboxylic acids is 1. The molecule has 0 aromatic rings. The molecule has 12 heavy (non-hydrogen) atoms. The van der Waals surface area contributed by atoms with E-state index in [-0.39, 0.29) is 12.3 Å². The molecule has 0 aliphatic carbocycles. The Hall–Kier alpha value is -0.900. The number of carboxylic acid groups (broad SMARTS) is 1. The molecule has 0 aromatic heterocycles. The normalized spacial score (nSPS) is 15.8. The van der Waals surface area contributed by atoms with Crippen LogP contribution in [0.15, 0.2) is 0 Å². The van der Waals surface area contributed by atoms with Crippen LogP contribution in [-0.2, 0) is 9.59 Å². The van der Waals surface area contributed by atoms with Crippen molar-refractivity contribution in [2.24, 2.45) is 5.92 Å². The largest absolute Gasteiger partial charge is 0.479 e. The summed E-state index contributed by atoms with van der Waals surface area (Å²) in [7, 11) is 0. The maximum atomic E-state index is 11.1. The molecule has 0 radical (unpaired) electrons. The molecule has 0 spiro atoms. The average Bonchev–Trinajstić information content (AvgIpc) is 1.85. The van der Waals surface area contributed by atoms with Gasteiger partial charge in [0.05, 0.1) is 0 Å². The van der Waals surface area contributed by atoms with Gasteiger partial charge < -0.3 is 10.2 Å². The topological polar surface area (TPSA) is 74.6 Å². The van der Waals surface area contributed by atoms with Crippen molar-refractivity contribution in [3.8, 4) is 0 Å². The van der Waals surface area contributed by atoms with E-state index in [9.17, 15) is 9.59 Å². The number of carbonyl (C=O) groups is 2. The van der Waals surface area contributed by atoms with Gasteiger partial charge in [-0.3, -0.25) is 4.79 Å². The van der Waals surface area contributed by atoms with Crippen LogP contribution in [0.2, 0.25) is 0 Å². The average molecular weight is 174 g/mol. The number of ketones is 1. The Morgan fingerprint density at radius 3 is 2.08 bits per heavy atom. The molecule has 0 saturated heterocycles. The summed E-state index contributed by atoms with van der Waals surface area (Å²) >= 11 is 0. The minimum Gasteiger partial charge on any atom is -0.479 e. The smallest absolute Gasteiger partial charge is 0.343 e. The van der Waals surface area contributed by atoms with Crippen LogP contribution in [0.1, 0.15) is 27.2 Å². The van der Waals surface area contributed by atoms with Crippen LogP contribution in [0.3, 0.4) is 0 Å². The van der Waals surface area contributed by atoms with Gasteiger partial charge in [-0.05, 0) is 12.8 Å². The van der Waals surface area contributed by atoms with Gasteiger partial charge in [-0.1, -0.05) is 13.8 Å². The summed E-state index contributed by atoms with van der Waals surface area (Å²) in [5, 5.41) is 17.6. The lowest BCUT2D eigenvalue weighted by atomic mass is 9.94. The van der Waals surface area contributed by atoms with Crippen molar-refractivity contribution in [1.82, 2.24) is 0 Å². The first-order valence-electron chi connectivity index (χ1n) is 3.77. The Morgan fingerprint density at radius 1 is 1.42 bits per heavy atom. The maximum absolute atomic E-state index is 11.1. The van der Waals surface area contributed by atoms with Crippen LogP contribution < -0.4 is 0 Å². The second-order valence-corrected chi connectivity index (χ2v) is 3.40. The van der Waals surface area contributed by atoms with Crippen LogP contribution >= 0.6 is 0 Å². The van der Waals surface area contributed by atoms with E-state index in [1.54, 1.807) is 13.8 Å². The van der Waals surface area contributed by atoms with Gasteiger partial charge in [0.2, 0.25) is 5.60 Å². The summed E-state index contributed by atoms with van der Waals surface area (Å²) in [5.41, 5.74) is -2.23. The summed E-state index contributed by atoms with van der Waals surface area (Å²) in [6.07, 6.45) is 0.0826. The molecule has 0 aromatic carbocycles. The Balaban J connectivity index is 4.36. The van der Waals surface area contributed by atoms with Crippen LogP contribution in [0, 0.1) is 5.92 Å². The van der Waals surface area contributed by atoms with E-state index in [2.05, 4.69) is 0 Å². The second kappa shape index (κ2) is 3.67. The zero-order valence-electron chi connectivity index (χ0n) is 7.50. The van der Waals surface area contributed by atoms with E-state index < -0.39 is 17.4 Å². The molecular formula is C8H14O4. The summed E-state index contributed by atoms with van der Waals surface area (Å²) in [5.74, 6) is -2.08. The molecule has 0 aliphatic rings. The van der Waals surface area contributed by atoms with Gasteiger partial charge in [0.1, 0.15) is 0 Å². The van der Waals surface area contributed by atoms with Crippen LogP contribution in [0.25, 0.3) is 0 Å². The molecule has 2 N–H and O–H groups in total. The maximum Gasteiger partial charge on any atom is 0.343 e. The first-order chi connectivity index (χ1) is 5.28. The van der Waals surface area contributed by atoms with Gasteiger partial charge in [0.25, 0.3) is 0 Å². The van der Waals surface area contributed by atoms with E-state index in [0.29, 0.717) is 0 Å². The highest BCUT2D eigenvalue weighted by Gasteiger charge is 2.38. The Kier molecular flexibility index (Phi) is 3.39. The predicted octanol–water partition coefficient (Wildman–Crippen LogP) is 0.437. The minimum atomic E-state index is -2.23. The highest BCUT2D eigenvalue weighted by molar-refractivity contribution is 6.05. The first kappa shape index (κ1) is 11.1. The molecule has 0 heterocycles. The van der Waals surface area contributed by atoms with Crippen molar-refractivity contribution in [3.63, 3.8) is 0 Å². The standard InChI is InChI=1S/C8H14O4/c1-5(2)4-6(9)8(3,12)7(10)11/h5,12H,4H2,1-3H3,(H,10,11). The third-order valence-corrected chi connectivity index (χ3v) is 1.55. The molecular weight excluding hydrogens is 160 g/mol. The van der Waals surface area contributed by atoms with Crippen molar-refractivity contribution < 1.29 is 19.8 Å². The van der Waals surface area contributed by atoms with Gasteiger partial charge in [0.15, 0.2) is 5.78 Å². The van der Waals surface area contributed by atoms with Crippen LogP contribution in [0.5, 0.6) is 0 Å². The van der Waals surface area contributed by atoms with Gasteiger partial charge in [0, 0.05) is 6.42 Å². The summed E-state index contributed by atoms with van der Waals surface area (Å²) in [6, 6.07) is 0. The van der Waals surface area contributed by atoms with Crippen molar-refractivity contribution >= 4 is 11.8 Å².